The second-order valence-corrected chi connectivity index (χ2v) is 4.65. The normalized spacial score (nSPS) is 17.2. The average Bonchev–Trinajstić information content (AvgIpc) is 2.82. The fourth-order valence-electron chi connectivity index (χ4n) is 1.99. The second kappa shape index (κ2) is 5.82. The first kappa shape index (κ1) is 12.1. The van der Waals surface area contributed by atoms with Gasteiger partial charge in [0.05, 0.1) is 0 Å². The minimum atomic E-state index is 0.224. The zero-order valence-corrected chi connectivity index (χ0v) is 10.4. The summed E-state index contributed by atoms with van der Waals surface area (Å²) in [7, 11) is 0. The lowest BCUT2D eigenvalue weighted by Gasteiger charge is -2.16. The number of anilines is 2. The highest BCUT2D eigenvalue weighted by atomic mass is 15.2. The van der Waals surface area contributed by atoms with Gasteiger partial charge in [-0.05, 0) is 26.2 Å². The quantitative estimate of drug-likeness (QED) is 0.803. The molecule has 3 N–H and O–H groups in total. The molecule has 1 aromatic rings. The Hall–Kier alpha value is -1.36. The van der Waals surface area contributed by atoms with Crippen molar-refractivity contribution in [3.8, 4) is 0 Å². The van der Waals surface area contributed by atoms with E-state index in [-0.39, 0.29) is 6.04 Å². The first-order valence-electron chi connectivity index (χ1n) is 6.32. The lowest BCUT2D eigenvalue weighted by Crippen LogP contribution is -2.21. The Balaban J connectivity index is 1.91. The van der Waals surface area contributed by atoms with E-state index < -0.39 is 0 Å². The van der Waals surface area contributed by atoms with Crippen LogP contribution in [0.5, 0.6) is 0 Å². The van der Waals surface area contributed by atoms with Gasteiger partial charge in [-0.2, -0.15) is 0 Å². The largest absolute Gasteiger partial charge is 0.370 e. The zero-order chi connectivity index (χ0) is 12.1. The van der Waals surface area contributed by atoms with Gasteiger partial charge in [0, 0.05) is 31.7 Å². The summed E-state index contributed by atoms with van der Waals surface area (Å²) < 4.78 is 0. The van der Waals surface area contributed by atoms with Crippen LogP contribution in [0.4, 0.5) is 11.6 Å². The van der Waals surface area contributed by atoms with Crippen molar-refractivity contribution in [2.24, 2.45) is 5.73 Å². The molecule has 17 heavy (non-hydrogen) atoms. The summed E-state index contributed by atoms with van der Waals surface area (Å²) in [5.74, 6) is 1.92. The fraction of sp³-hybridized carbons (Fsp3) is 0.667. The van der Waals surface area contributed by atoms with E-state index in [1.54, 1.807) is 6.33 Å². The van der Waals surface area contributed by atoms with E-state index in [0.717, 1.165) is 37.7 Å². The third kappa shape index (κ3) is 3.56. The minimum absolute atomic E-state index is 0.224. The van der Waals surface area contributed by atoms with Crippen molar-refractivity contribution in [1.29, 1.82) is 0 Å². The van der Waals surface area contributed by atoms with Crippen LogP contribution in [0.1, 0.15) is 26.2 Å². The molecule has 5 heteroatoms. The fourth-order valence-corrected chi connectivity index (χ4v) is 1.99. The standard InChI is InChI=1S/C12H21N5/c1-10(13)4-5-14-11-8-12(16-9-15-11)17-6-2-3-7-17/h8-10H,2-7,13H2,1H3,(H,14,15,16). The highest BCUT2D eigenvalue weighted by Crippen LogP contribution is 2.19. The number of nitrogens with two attached hydrogens (primary N) is 1. The third-order valence-corrected chi connectivity index (χ3v) is 2.99. The lowest BCUT2D eigenvalue weighted by molar-refractivity contribution is 0.689. The van der Waals surface area contributed by atoms with Crippen LogP contribution < -0.4 is 16.0 Å². The maximum absolute atomic E-state index is 5.71. The molecule has 94 valence electrons. The Morgan fingerprint density at radius 2 is 2.18 bits per heavy atom. The van der Waals surface area contributed by atoms with Crippen LogP contribution in [-0.4, -0.2) is 35.6 Å². The summed E-state index contributed by atoms with van der Waals surface area (Å²) in [6, 6.07) is 2.24. The van der Waals surface area contributed by atoms with Crippen LogP contribution in [0, 0.1) is 0 Å². The molecule has 1 aliphatic heterocycles. The van der Waals surface area contributed by atoms with Gasteiger partial charge in [-0.15, -0.1) is 0 Å². The van der Waals surface area contributed by atoms with Gasteiger partial charge < -0.3 is 16.0 Å². The van der Waals surface area contributed by atoms with Crippen LogP contribution in [0.3, 0.4) is 0 Å². The smallest absolute Gasteiger partial charge is 0.134 e. The second-order valence-electron chi connectivity index (χ2n) is 4.65. The molecule has 0 bridgehead atoms. The summed E-state index contributed by atoms with van der Waals surface area (Å²) in [4.78, 5) is 10.8. The summed E-state index contributed by atoms with van der Waals surface area (Å²) in [6.45, 7) is 5.08. The Morgan fingerprint density at radius 3 is 2.88 bits per heavy atom. The van der Waals surface area contributed by atoms with Gasteiger partial charge in [-0.1, -0.05) is 0 Å². The topological polar surface area (TPSA) is 67.1 Å². The van der Waals surface area contributed by atoms with E-state index in [1.165, 1.54) is 12.8 Å². The molecule has 1 atom stereocenters. The van der Waals surface area contributed by atoms with Crippen molar-refractivity contribution in [1.82, 2.24) is 9.97 Å². The predicted octanol–water partition coefficient (Wildman–Crippen LogP) is 1.23. The number of rotatable bonds is 5. The molecule has 1 aromatic heterocycles. The van der Waals surface area contributed by atoms with E-state index in [1.807, 2.05) is 13.0 Å². The molecule has 1 fully saturated rings. The van der Waals surface area contributed by atoms with Crippen LogP contribution in [0.25, 0.3) is 0 Å². The summed E-state index contributed by atoms with van der Waals surface area (Å²) in [5.41, 5.74) is 5.71. The molecule has 1 saturated heterocycles. The van der Waals surface area contributed by atoms with Crippen molar-refractivity contribution < 1.29 is 0 Å². The van der Waals surface area contributed by atoms with Crippen LogP contribution >= 0.6 is 0 Å². The van der Waals surface area contributed by atoms with E-state index in [2.05, 4.69) is 20.2 Å². The maximum Gasteiger partial charge on any atom is 0.134 e. The molecule has 0 spiro atoms. The van der Waals surface area contributed by atoms with Crippen LogP contribution in [0.2, 0.25) is 0 Å². The molecular formula is C12H21N5. The van der Waals surface area contributed by atoms with Crippen molar-refractivity contribution in [3.63, 3.8) is 0 Å². The molecule has 0 aromatic carbocycles. The molecule has 5 nitrogen and oxygen atoms in total. The van der Waals surface area contributed by atoms with E-state index in [0.29, 0.717) is 0 Å². The van der Waals surface area contributed by atoms with E-state index in [9.17, 15) is 0 Å². The van der Waals surface area contributed by atoms with Gasteiger partial charge in [0.2, 0.25) is 0 Å². The number of nitrogens with zero attached hydrogens (tertiary/aromatic N) is 3. The molecule has 0 aliphatic carbocycles. The number of hydrogen-bond acceptors (Lipinski definition) is 5. The van der Waals surface area contributed by atoms with E-state index >= 15 is 0 Å². The highest BCUT2D eigenvalue weighted by molar-refractivity contribution is 5.48. The average molecular weight is 235 g/mol. The maximum atomic E-state index is 5.71. The Kier molecular flexibility index (Phi) is 4.14. The zero-order valence-electron chi connectivity index (χ0n) is 10.4. The molecule has 2 rings (SSSR count). The van der Waals surface area contributed by atoms with Crippen molar-refractivity contribution in [2.45, 2.75) is 32.2 Å². The van der Waals surface area contributed by atoms with Crippen LogP contribution in [-0.2, 0) is 0 Å². The molecule has 1 unspecified atom stereocenters. The molecular weight excluding hydrogens is 214 g/mol. The van der Waals surface area contributed by atoms with Gasteiger partial charge in [-0.3, -0.25) is 0 Å². The van der Waals surface area contributed by atoms with Crippen molar-refractivity contribution in [3.05, 3.63) is 12.4 Å². The molecule has 2 heterocycles. The van der Waals surface area contributed by atoms with Crippen LogP contribution in [0.15, 0.2) is 12.4 Å². The highest BCUT2D eigenvalue weighted by Gasteiger charge is 2.13. The van der Waals surface area contributed by atoms with Gasteiger partial charge in [0.25, 0.3) is 0 Å². The molecule has 0 saturated carbocycles. The summed E-state index contributed by atoms with van der Waals surface area (Å²) in [6.07, 6.45) is 5.10. The SMILES string of the molecule is CC(N)CCNc1cc(N2CCCC2)ncn1. The monoisotopic (exact) mass is 235 g/mol. The Bertz CT molecular complexity index is 347. The summed E-state index contributed by atoms with van der Waals surface area (Å²) in [5, 5.41) is 3.28. The van der Waals surface area contributed by atoms with Gasteiger partial charge in [-0.25, -0.2) is 9.97 Å². The Labute approximate surface area is 102 Å². The van der Waals surface area contributed by atoms with Crippen molar-refractivity contribution >= 4 is 11.6 Å². The molecule has 1 aliphatic rings. The minimum Gasteiger partial charge on any atom is -0.370 e. The van der Waals surface area contributed by atoms with Gasteiger partial charge in [0.1, 0.15) is 18.0 Å². The summed E-state index contributed by atoms with van der Waals surface area (Å²) >= 11 is 0. The van der Waals surface area contributed by atoms with Gasteiger partial charge in [0.15, 0.2) is 0 Å². The Morgan fingerprint density at radius 1 is 1.41 bits per heavy atom. The lowest BCUT2D eigenvalue weighted by atomic mass is 10.2. The molecule has 0 radical (unpaired) electrons. The number of hydrogen-bond donors (Lipinski definition) is 2. The number of nitrogens with one attached hydrogen (secondary N) is 1. The predicted molar refractivity (Wildman–Crippen MR) is 70.2 cm³/mol. The van der Waals surface area contributed by atoms with Gasteiger partial charge >= 0.3 is 0 Å². The van der Waals surface area contributed by atoms with Crippen molar-refractivity contribution in [2.75, 3.05) is 29.9 Å². The number of aromatic nitrogens is 2. The van der Waals surface area contributed by atoms with E-state index in [4.69, 9.17) is 5.73 Å². The first-order chi connectivity index (χ1) is 8.25. The third-order valence-electron chi connectivity index (χ3n) is 2.99. The first-order valence-corrected chi connectivity index (χ1v) is 6.32. The molecule has 0 amide bonds.